The number of halogens is 1. The van der Waals surface area contributed by atoms with Crippen LogP contribution in [0.15, 0.2) is 30.9 Å². The molecule has 4 nitrogen and oxygen atoms in total. The molecule has 3 rings (SSSR count). The summed E-state index contributed by atoms with van der Waals surface area (Å²) in [5, 5.41) is 7.37. The van der Waals surface area contributed by atoms with Gasteiger partial charge in [0, 0.05) is 5.54 Å². The van der Waals surface area contributed by atoms with Crippen molar-refractivity contribution in [3.8, 4) is 5.69 Å². The first kappa shape index (κ1) is 11.3. The fourth-order valence-electron chi connectivity index (χ4n) is 2.51. The van der Waals surface area contributed by atoms with Crippen LogP contribution in [0.2, 0.25) is 0 Å². The standard InChI is InChI=1S/C13H15FN4/c1-13(5-2-6-16-13)10-3-4-12(11(14)7-10)18-9-15-8-17-18/h3-4,7-9,16H,2,5-6H2,1H3. The van der Waals surface area contributed by atoms with Gasteiger partial charge < -0.3 is 5.32 Å². The zero-order valence-corrected chi connectivity index (χ0v) is 10.2. The Hall–Kier alpha value is -1.75. The molecule has 5 heteroatoms. The minimum atomic E-state index is -0.270. The molecule has 0 radical (unpaired) electrons. The van der Waals surface area contributed by atoms with Crippen LogP contribution in [0, 0.1) is 5.82 Å². The monoisotopic (exact) mass is 246 g/mol. The molecule has 1 saturated heterocycles. The molecule has 0 spiro atoms. The molecule has 0 aliphatic carbocycles. The molecule has 94 valence electrons. The number of aromatic nitrogens is 3. The van der Waals surface area contributed by atoms with E-state index in [0.29, 0.717) is 5.69 Å². The van der Waals surface area contributed by atoms with Crippen molar-refractivity contribution < 1.29 is 4.39 Å². The van der Waals surface area contributed by atoms with Crippen LogP contribution in [-0.2, 0) is 5.54 Å². The first-order valence-electron chi connectivity index (χ1n) is 6.09. The van der Waals surface area contributed by atoms with Crippen molar-refractivity contribution in [2.75, 3.05) is 6.54 Å². The van der Waals surface area contributed by atoms with Gasteiger partial charge in [0.1, 0.15) is 24.2 Å². The molecule has 1 aliphatic rings. The molecule has 0 saturated carbocycles. The summed E-state index contributed by atoms with van der Waals surface area (Å²) in [6.07, 6.45) is 5.05. The van der Waals surface area contributed by atoms with Crippen molar-refractivity contribution in [1.29, 1.82) is 0 Å². The maximum Gasteiger partial charge on any atom is 0.149 e. The zero-order chi connectivity index (χ0) is 12.6. The van der Waals surface area contributed by atoms with Crippen LogP contribution in [0.25, 0.3) is 5.69 Å². The minimum Gasteiger partial charge on any atom is -0.308 e. The Kier molecular flexibility index (Phi) is 2.63. The number of nitrogens with zero attached hydrogens (tertiary/aromatic N) is 3. The second-order valence-corrected chi connectivity index (χ2v) is 4.87. The van der Waals surface area contributed by atoms with E-state index in [1.807, 2.05) is 6.07 Å². The highest BCUT2D eigenvalue weighted by atomic mass is 19.1. The van der Waals surface area contributed by atoms with Gasteiger partial charge in [-0.25, -0.2) is 14.1 Å². The molecule has 1 fully saturated rings. The van der Waals surface area contributed by atoms with Crippen LogP contribution in [0.3, 0.4) is 0 Å². The van der Waals surface area contributed by atoms with Crippen LogP contribution >= 0.6 is 0 Å². The van der Waals surface area contributed by atoms with Crippen molar-refractivity contribution >= 4 is 0 Å². The number of benzene rings is 1. The maximum atomic E-state index is 14.1. The Balaban J connectivity index is 1.99. The van der Waals surface area contributed by atoms with Gasteiger partial charge in [0.2, 0.25) is 0 Å². The van der Waals surface area contributed by atoms with E-state index in [9.17, 15) is 4.39 Å². The number of nitrogens with one attached hydrogen (secondary N) is 1. The fourth-order valence-corrected chi connectivity index (χ4v) is 2.51. The lowest BCUT2D eigenvalue weighted by Crippen LogP contribution is -2.33. The summed E-state index contributed by atoms with van der Waals surface area (Å²) in [5.41, 5.74) is 1.31. The lowest BCUT2D eigenvalue weighted by Gasteiger charge is -2.25. The molecule has 0 amide bonds. The Morgan fingerprint density at radius 1 is 1.44 bits per heavy atom. The molecular weight excluding hydrogens is 231 g/mol. The molecule has 1 aromatic heterocycles. The van der Waals surface area contributed by atoms with Crippen LogP contribution in [0.1, 0.15) is 25.3 Å². The van der Waals surface area contributed by atoms with E-state index in [2.05, 4.69) is 22.3 Å². The highest BCUT2D eigenvalue weighted by molar-refractivity contribution is 5.38. The Bertz CT molecular complexity index is 544. The summed E-state index contributed by atoms with van der Waals surface area (Å²) in [5.74, 6) is -0.270. The SMILES string of the molecule is CC1(c2ccc(-n3cncn3)c(F)c2)CCCN1. The van der Waals surface area contributed by atoms with E-state index < -0.39 is 0 Å². The number of rotatable bonds is 2. The zero-order valence-electron chi connectivity index (χ0n) is 10.2. The first-order valence-corrected chi connectivity index (χ1v) is 6.09. The summed E-state index contributed by atoms with van der Waals surface area (Å²) in [6.45, 7) is 3.10. The molecule has 1 unspecified atom stereocenters. The predicted octanol–water partition coefficient (Wildman–Crippen LogP) is 2.00. The normalized spacial score (nSPS) is 23.4. The van der Waals surface area contributed by atoms with Crippen LogP contribution in [0.5, 0.6) is 0 Å². The average molecular weight is 246 g/mol. The van der Waals surface area contributed by atoms with Gasteiger partial charge in [-0.3, -0.25) is 0 Å². The summed E-state index contributed by atoms with van der Waals surface area (Å²) in [4.78, 5) is 3.83. The number of hydrogen-bond acceptors (Lipinski definition) is 3. The van der Waals surface area contributed by atoms with Crippen molar-refractivity contribution in [3.63, 3.8) is 0 Å². The van der Waals surface area contributed by atoms with Crippen LogP contribution in [0.4, 0.5) is 4.39 Å². The molecule has 2 aromatic rings. The highest BCUT2D eigenvalue weighted by Gasteiger charge is 2.30. The predicted molar refractivity (Wildman–Crippen MR) is 65.9 cm³/mol. The van der Waals surface area contributed by atoms with Crippen LogP contribution in [-0.4, -0.2) is 21.3 Å². The Morgan fingerprint density at radius 2 is 2.33 bits per heavy atom. The first-order chi connectivity index (χ1) is 8.69. The van der Waals surface area contributed by atoms with E-state index in [4.69, 9.17) is 0 Å². The second-order valence-electron chi connectivity index (χ2n) is 4.87. The molecule has 2 heterocycles. The van der Waals surface area contributed by atoms with Crippen molar-refractivity contribution in [1.82, 2.24) is 20.1 Å². The fraction of sp³-hybridized carbons (Fsp3) is 0.385. The highest BCUT2D eigenvalue weighted by Crippen LogP contribution is 2.31. The van der Waals surface area contributed by atoms with Crippen molar-refractivity contribution in [2.45, 2.75) is 25.3 Å². The van der Waals surface area contributed by atoms with E-state index in [1.54, 1.807) is 12.1 Å². The van der Waals surface area contributed by atoms with Gasteiger partial charge in [-0.15, -0.1) is 0 Å². The quantitative estimate of drug-likeness (QED) is 0.881. The Morgan fingerprint density at radius 3 is 2.94 bits per heavy atom. The van der Waals surface area contributed by atoms with Gasteiger partial charge in [-0.05, 0) is 44.0 Å². The molecule has 1 aliphatic heterocycles. The molecule has 18 heavy (non-hydrogen) atoms. The maximum absolute atomic E-state index is 14.1. The minimum absolute atomic E-state index is 0.109. The number of hydrogen-bond donors (Lipinski definition) is 1. The Labute approximate surface area is 105 Å². The van der Waals surface area contributed by atoms with Gasteiger partial charge in [-0.1, -0.05) is 6.07 Å². The smallest absolute Gasteiger partial charge is 0.149 e. The molecular formula is C13H15FN4. The summed E-state index contributed by atoms with van der Waals surface area (Å²) >= 11 is 0. The second kappa shape index (κ2) is 4.17. The van der Waals surface area contributed by atoms with Gasteiger partial charge in [-0.2, -0.15) is 5.10 Å². The third kappa shape index (κ3) is 1.80. The summed E-state index contributed by atoms with van der Waals surface area (Å²) in [7, 11) is 0. The topological polar surface area (TPSA) is 42.7 Å². The van der Waals surface area contributed by atoms with Crippen LogP contribution < -0.4 is 5.32 Å². The van der Waals surface area contributed by atoms with E-state index >= 15 is 0 Å². The largest absolute Gasteiger partial charge is 0.308 e. The molecule has 1 atom stereocenters. The molecule has 1 aromatic carbocycles. The average Bonchev–Trinajstić information content (AvgIpc) is 3.00. The van der Waals surface area contributed by atoms with E-state index in [-0.39, 0.29) is 11.4 Å². The summed E-state index contributed by atoms with van der Waals surface area (Å²) < 4.78 is 15.6. The van der Waals surface area contributed by atoms with Crippen molar-refractivity contribution in [2.24, 2.45) is 0 Å². The summed E-state index contributed by atoms with van der Waals surface area (Å²) in [6, 6.07) is 5.30. The van der Waals surface area contributed by atoms with Gasteiger partial charge >= 0.3 is 0 Å². The van der Waals surface area contributed by atoms with Gasteiger partial charge in [0.25, 0.3) is 0 Å². The molecule has 0 bridgehead atoms. The molecule has 1 N–H and O–H groups in total. The van der Waals surface area contributed by atoms with Gasteiger partial charge in [0.15, 0.2) is 0 Å². The third-order valence-electron chi connectivity index (χ3n) is 3.62. The lowest BCUT2D eigenvalue weighted by atomic mass is 9.90. The van der Waals surface area contributed by atoms with E-state index in [1.165, 1.54) is 17.3 Å². The van der Waals surface area contributed by atoms with Gasteiger partial charge in [0.05, 0.1) is 0 Å². The lowest BCUT2D eigenvalue weighted by molar-refractivity contribution is 0.431. The van der Waals surface area contributed by atoms with E-state index in [0.717, 1.165) is 24.9 Å². The van der Waals surface area contributed by atoms with Crippen molar-refractivity contribution in [3.05, 3.63) is 42.2 Å². The third-order valence-corrected chi connectivity index (χ3v) is 3.62.